The van der Waals surface area contributed by atoms with E-state index >= 15 is 0 Å². The van der Waals surface area contributed by atoms with Gasteiger partial charge in [0.1, 0.15) is 23.3 Å². The van der Waals surface area contributed by atoms with Crippen molar-refractivity contribution in [3.8, 4) is 5.75 Å². The highest BCUT2D eigenvalue weighted by Crippen LogP contribution is 2.57. The number of ether oxygens (including phenoxy) is 3. The third kappa shape index (κ3) is 4.14. The number of aliphatic hydroxyl groups is 1. The number of esters is 1. The van der Waals surface area contributed by atoms with Gasteiger partial charge in [0.2, 0.25) is 5.91 Å². The van der Waals surface area contributed by atoms with Gasteiger partial charge in [-0.3, -0.25) is 14.4 Å². The average Bonchev–Trinajstić information content (AvgIpc) is 3.23. The van der Waals surface area contributed by atoms with Crippen LogP contribution in [-0.2, 0) is 23.9 Å². The number of methoxy groups -OCH3 is 1. The first-order valence-corrected chi connectivity index (χ1v) is 13.0. The summed E-state index contributed by atoms with van der Waals surface area (Å²) in [7, 11) is 1.58. The van der Waals surface area contributed by atoms with Crippen LogP contribution in [0.15, 0.2) is 48.6 Å². The number of carbonyl (C=O) groups is 3. The van der Waals surface area contributed by atoms with Crippen molar-refractivity contribution in [2.24, 2.45) is 11.8 Å². The number of hydrogen-bond donors (Lipinski definition) is 1. The number of cyclic esters (lactones) is 1. The molecule has 1 aromatic rings. The summed E-state index contributed by atoms with van der Waals surface area (Å²) in [5.41, 5.74) is -1.75. The maximum absolute atomic E-state index is 14.3. The zero-order valence-electron chi connectivity index (χ0n) is 21.3. The van der Waals surface area contributed by atoms with Crippen molar-refractivity contribution < 1.29 is 33.7 Å². The van der Waals surface area contributed by atoms with Crippen molar-refractivity contribution in [3.05, 3.63) is 48.6 Å². The third-order valence-corrected chi connectivity index (χ3v) is 7.94. The van der Waals surface area contributed by atoms with E-state index in [2.05, 4.69) is 0 Å². The van der Waals surface area contributed by atoms with Gasteiger partial charge >= 0.3 is 5.97 Å². The SMILES string of the molecule is COc1ccc(N2CC=C[C@]34O[C@@]5(C)/C=C\CCCOC(=O)[C@H]5[C@H]3C(=O)N(CCCCO)C4C2=O)cc1. The van der Waals surface area contributed by atoms with Gasteiger partial charge in [0.05, 0.1) is 25.2 Å². The van der Waals surface area contributed by atoms with Gasteiger partial charge in [0.25, 0.3) is 5.91 Å². The van der Waals surface area contributed by atoms with E-state index in [9.17, 15) is 19.5 Å². The Morgan fingerprint density at radius 2 is 1.84 bits per heavy atom. The fourth-order valence-corrected chi connectivity index (χ4v) is 6.26. The molecule has 1 unspecified atom stereocenters. The lowest BCUT2D eigenvalue weighted by atomic mass is 9.74. The molecule has 2 saturated heterocycles. The molecule has 1 N–H and O–H groups in total. The van der Waals surface area contributed by atoms with Gasteiger partial charge in [-0.05, 0) is 56.9 Å². The van der Waals surface area contributed by atoms with Crippen LogP contribution in [0.2, 0.25) is 0 Å². The number of fused-ring (bicyclic) bond motifs is 2. The molecule has 1 spiro atoms. The summed E-state index contributed by atoms with van der Waals surface area (Å²) < 4.78 is 17.6. The molecule has 1 aromatic carbocycles. The van der Waals surface area contributed by atoms with Crippen LogP contribution in [-0.4, -0.2) is 78.4 Å². The van der Waals surface area contributed by atoms with Gasteiger partial charge in [-0.2, -0.15) is 0 Å². The van der Waals surface area contributed by atoms with E-state index in [4.69, 9.17) is 14.2 Å². The molecular formula is C28H34N2O7. The van der Waals surface area contributed by atoms with Gasteiger partial charge < -0.3 is 29.1 Å². The highest BCUT2D eigenvalue weighted by atomic mass is 16.6. The van der Waals surface area contributed by atoms with E-state index in [0.29, 0.717) is 37.2 Å². The second-order valence-electron chi connectivity index (χ2n) is 10.2. The van der Waals surface area contributed by atoms with Gasteiger partial charge in [-0.15, -0.1) is 0 Å². The molecule has 9 nitrogen and oxygen atoms in total. The van der Waals surface area contributed by atoms with Crippen molar-refractivity contribution in [1.29, 1.82) is 0 Å². The molecule has 0 radical (unpaired) electrons. The predicted molar refractivity (Wildman–Crippen MR) is 135 cm³/mol. The Kier molecular flexibility index (Phi) is 6.85. The Bertz CT molecular complexity index is 1120. The van der Waals surface area contributed by atoms with Crippen LogP contribution in [0.1, 0.15) is 32.6 Å². The van der Waals surface area contributed by atoms with Crippen LogP contribution in [0.5, 0.6) is 5.75 Å². The molecule has 9 heteroatoms. The summed E-state index contributed by atoms with van der Waals surface area (Å²) in [6.07, 6.45) is 9.93. The van der Waals surface area contributed by atoms with Crippen LogP contribution >= 0.6 is 0 Å². The molecule has 0 aliphatic carbocycles. The molecular weight excluding hydrogens is 476 g/mol. The highest BCUT2D eigenvalue weighted by Gasteiger charge is 2.74. The van der Waals surface area contributed by atoms with Crippen molar-refractivity contribution in [2.75, 3.05) is 38.3 Å². The number of aliphatic hydroxyl groups excluding tert-OH is 1. The van der Waals surface area contributed by atoms with E-state index in [0.717, 1.165) is 6.42 Å². The zero-order valence-corrected chi connectivity index (χ0v) is 21.3. The summed E-state index contributed by atoms with van der Waals surface area (Å²) in [5.74, 6) is -2.16. The number of carbonyl (C=O) groups excluding carboxylic acids is 3. The van der Waals surface area contributed by atoms with Crippen molar-refractivity contribution in [2.45, 2.75) is 49.9 Å². The number of benzene rings is 1. The summed E-state index contributed by atoms with van der Waals surface area (Å²) >= 11 is 0. The van der Waals surface area contributed by atoms with Crippen LogP contribution in [0.4, 0.5) is 5.69 Å². The molecule has 2 fully saturated rings. The Labute approximate surface area is 216 Å². The molecule has 4 aliphatic heterocycles. The molecule has 0 saturated carbocycles. The Morgan fingerprint density at radius 3 is 2.57 bits per heavy atom. The van der Waals surface area contributed by atoms with Gasteiger partial charge in [0, 0.05) is 25.4 Å². The topological polar surface area (TPSA) is 106 Å². The molecule has 198 valence electrons. The normalized spacial score (nSPS) is 34.0. The van der Waals surface area contributed by atoms with Gasteiger partial charge in [-0.1, -0.05) is 24.3 Å². The van der Waals surface area contributed by atoms with E-state index < -0.39 is 35.0 Å². The molecule has 0 bridgehead atoms. The average molecular weight is 511 g/mol. The maximum atomic E-state index is 14.3. The minimum Gasteiger partial charge on any atom is -0.497 e. The zero-order chi connectivity index (χ0) is 26.2. The minimum absolute atomic E-state index is 0.0125. The van der Waals surface area contributed by atoms with Crippen LogP contribution in [0.3, 0.4) is 0 Å². The molecule has 4 aliphatic rings. The van der Waals surface area contributed by atoms with Gasteiger partial charge in [0.15, 0.2) is 0 Å². The van der Waals surface area contributed by atoms with Crippen molar-refractivity contribution >= 4 is 23.5 Å². The Morgan fingerprint density at radius 1 is 1.05 bits per heavy atom. The number of likely N-dealkylation sites (tertiary alicyclic amines) is 1. The number of allylic oxidation sites excluding steroid dienone is 1. The monoisotopic (exact) mass is 510 g/mol. The largest absolute Gasteiger partial charge is 0.497 e. The fraction of sp³-hybridized carbons (Fsp3) is 0.536. The maximum Gasteiger partial charge on any atom is 0.313 e. The summed E-state index contributed by atoms with van der Waals surface area (Å²) in [6.45, 7) is 2.63. The third-order valence-electron chi connectivity index (χ3n) is 7.94. The predicted octanol–water partition coefficient (Wildman–Crippen LogP) is 2.23. The molecule has 4 heterocycles. The molecule has 0 aromatic heterocycles. The molecule has 2 amide bonds. The van der Waals surface area contributed by atoms with E-state index in [1.54, 1.807) is 48.1 Å². The van der Waals surface area contributed by atoms with E-state index in [-0.39, 0.29) is 31.6 Å². The molecule has 37 heavy (non-hydrogen) atoms. The number of unbranched alkanes of at least 4 members (excludes halogenated alkanes) is 1. The second kappa shape index (κ2) is 9.95. The lowest BCUT2D eigenvalue weighted by molar-refractivity contribution is -0.158. The van der Waals surface area contributed by atoms with Gasteiger partial charge in [-0.25, -0.2) is 0 Å². The Hall–Kier alpha value is -3.17. The first-order valence-electron chi connectivity index (χ1n) is 13.0. The summed E-state index contributed by atoms with van der Waals surface area (Å²) in [4.78, 5) is 44.9. The minimum atomic E-state index is -1.32. The van der Waals surface area contributed by atoms with E-state index in [1.807, 2.05) is 24.3 Å². The van der Waals surface area contributed by atoms with Crippen LogP contribution in [0, 0.1) is 11.8 Å². The first-order chi connectivity index (χ1) is 17.9. The number of amides is 2. The number of hydrogen-bond acceptors (Lipinski definition) is 7. The smallest absolute Gasteiger partial charge is 0.313 e. The van der Waals surface area contributed by atoms with Crippen LogP contribution < -0.4 is 9.64 Å². The molecule has 5 rings (SSSR count). The van der Waals surface area contributed by atoms with E-state index in [1.165, 1.54) is 0 Å². The van der Waals surface area contributed by atoms with Crippen LogP contribution in [0.25, 0.3) is 0 Å². The fourth-order valence-electron chi connectivity index (χ4n) is 6.26. The number of rotatable bonds is 6. The van der Waals surface area contributed by atoms with Crippen molar-refractivity contribution in [3.63, 3.8) is 0 Å². The Balaban J connectivity index is 1.60. The quantitative estimate of drug-likeness (QED) is 0.355. The lowest BCUT2D eigenvalue weighted by Gasteiger charge is -2.37. The number of anilines is 1. The molecule has 5 atom stereocenters. The lowest BCUT2D eigenvalue weighted by Crippen LogP contribution is -2.56. The highest BCUT2D eigenvalue weighted by molar-refractivity contribution is 6.05. The number of nitrogens with zero attached hydrogens (tertiary/aromatic N) is 2. The van der Waals surface area contributed by atoms with Crippen molar-refractivity contribution in [1.82, 2.24) is 4.90 Å². The standard InChI is InChI=1S/C28H34N2O7/c1-27-13-4-3-7-18-36-26(34)22(27)21-24(32)30(15-5-6-17-31)23-25(33)29(16-8-14-28(21,23)37-27)19-9-11-20(35-2)12-10-19/h4,8-14,21-23,31H,3,5-7,15-18H2,1-2H3/b13-4-/t21-,22+,23?,27-,28-/m0/s1. The first kappa shape index (κ1) is 25.5. The second-order valence-corrected chi connectivity index (χ2v) is 10.2. The summed E-state index contributed by atoms with van der Waals surface area (Å²) in [6, 6.07) is 6.22. The summed E-state index contributed by atoms with van der Waals surface area (Å²) in [5, 5.41) is 9.34.